The molecule has 0 aliphatic heterocycles. The van der Waals surface area contributed by atoms with Crippen molar-refractivity contribution in [3.05, 3.63) is 28.3 Å². The molecule has 0 fully saturated rings. The lowest BCUT2D eigenvalue weighted by atomic mass is 9.98. The van der Waals surface area contributed by atoms with Crippen LogP contribution in [0.15, 0.2) is 12.1 Å². The van der Waals surface area contributed by atoms with Crippen LogP contribution < -0.4 is 4.74 Å². The average Bonchev–Trinajstić information content (AvgIpc) is 2.27. The molecular formula is C13H19ClO2. The monoisotopic (exact) mass is 242 g/mol. The molecule has 90 valence electrons. The number of benzene rings is 1. The summed E-state index contributed by atoms with van der Waals surface area (Å²) < 4.78 is 5.26. The number of aliphatic hydroxyl groups is 1. The van der Waals surface area contributed by atoms with Crippen LogP contribution in [0, 0.1) is 0 Å². The van der Waals surface area contributed by atoms with E-state index in [1.165, 1.54) is 5.56 Å². The number of halogens is 1. The largest absolute Gasteiger partial charge is 0.495 e. The summed E-state index contributed by atoms with van der Waals surface area (Å²) in [6.07, 6.45) is 1.51. The first-order valence-electron chi connectivity index (χ1n) is 5.57. The minimum Gasteiger partial charge on any atom is -0.495 e. The molecule has 0 atom stereocenters. The van der Waals surface area contributed by atoms with E-state index in [1.54, 1.807) is 7.11 Å². The summed E-state index contributed by atoms with van der Waals surface area (Å²) >= 11 is 6.21. The molecule has 0 aliphatic carbocycles. The molecule has 0 radical (unpaired) electrons. The fourth-order valence-corrected chi connectivity index (χ4v) is 1.89. The zero-order valence-corrected chi connectivity index (χ0v) is 10.8. The average molecular weight is 243 g/mol. The maximum Gasteiger partial charge on any atom is 0.138 e. The quantitative estimate of drug-likeness (QED) is 0.858. The molecule has 0 aliphatic rings. The molecule has 1 aromatic carbocycles. The Balaban J connectivity index is 3.08. The van der Waals surface area contributed by atoms with Crippen LogP contribution >= 0.6 is 11.6 Å². The maximum absolute atomic E-state index is 8.85. The van der Waals surface area contributed by atoms with E-state index in [9.17, 15) is 0 Å². The van der Waals surface area contributed by atoms with Crippen LogP contribution in [-0.4, -0.2) is 18.8 Å². The molecule has 0 saturated heterocycles. The lowest BCUT2D eigenvalue weighted by molar-refractivity contribution is 0.288. The molecule has 2 nitrogen and oxygen atoms in total. The van der Waals surface area contributed by atoms with Gasteiger partial charge in [-0.05, 0) is 36.0 Å². The first kappa shape index (κ1) is 13.3. The van der Waals surface area contributed by atoms with Crippen molar-refractivity contribution in [3.63, 3.8) is 0 Å². The van der Waals surface area contributed by atoms with Crippen molar-refractivity contribution in [1.29, 1.82) is 0 Å². The highest BCUT2D eigenvalue weighted by atomic mass is 35.5. The van der Waals surface area contributed by atoms with E-state index >= 15 is 0 Å². The fraction of sp³-hybridized carbons (Fsp3) is 0.538. The Hall–Kier alpha value is -0.730. The van der Waals surface area contributed by atoms with E-state index in [0.717, 1.165) is 24.2 Å². The number of aliphatic hydroxyl groups excluding tert-OH is 1. The van der Waals surface area contributed by atoms with Gasteiger partial charge in [0.15, 0.2) is 0 Å². The third kappa shape index (κ3) is 3.13. The van der Waals surface area contributed by atoms with Gasteiger partial charge in [0.05, 0.1) is 12.1 Å². The lowest BCUT2D eigenvalue weighted by Crippen LogP contribution is -1.97. The molecule has 0 unspecified atom stereocenters. The molecule has 0 aromatic heterocycles. The molecule has 0 heterocycles. The van der Waals surface area contributed by atoms with Crippen molar-refractivity contribution >= 4 is 11.6 Å². The zero-order valence-electron chi connectivity index (χ0n) is 10.1. The summed E-state index contributed by atoms with van der Waals surface area (Å²) in [6, 6.07) is 4.08. The minimum absolute atomic E-state index is 0.185. The van der Waals surface area contributed by atoms with E-state index in [-0.39, 0.29) is 6.61 Å². The second-order valence-electron chi connectivity index (χ2n) is 4.18. The van der Waals surface area contributed by atoms with Crippen molar-refractivity contribution in [3.8, 4) is 5.75 Å². The van der Waals surface area contributed by atoms with E-state index in [1.807, 2.05) is 6.07 Å². The zero-order chi connectivity index (χ0) is 12.1. The highest BCUT2D eigenvalue weighted by Crippen LogP contribution is 2.33. The third-order valence-corrected chi connectivity index (χ3v) is 3.06. The van der Waals surface area contributed by atoms with Crippen LogP contribution in [0.3, 0.4) is 0 Å². The number of rotatable bonds is 5. The first-order valence-corrected chi connectivity index (χ1v) is 5.95. The van der Waals surface area contributed by atoms with E-state index in [0.29, 0.717) is 10.9 Å². The molecule has 1 N–H and O–H groups in total. The van der Waals surface area contributed by atoms with Crippen LogP contribution in [0.1, 0.15) is 37.3 Å². The van der Waals surface area contributed by atoms with E-state index in [2.05, 4.69) is 19.9 Å². The summed E-state index contributed by atoms with van der Waals surface area (Å²) in [4.78, 5) is 0. The minimum atomic E-state index is 0.185. The molecule has 0 saturated carbocycles. The Morgan fingerprint density at radius 3 is 2.56 bits per heavy atom. The highest BCUT2D eigenvalue weighted by Gasteiger charge is 2.11. The Labute approximate surface area is 102 Å². The van der Waals surface area contributed by atoms with Crippen molar-refractivity contribution in [2.75, 3.05) is 13.7 Å². The van der Waals surface area contributed by atoms with Crippen LogP contribution in [0.5, 0.6) is 5.75 Å². The maximum atomic E-state index is 8.85. The standard InChI is InChI=1S/C13H19ClO2/c1-9(2)11-7-10(5-4-6-15)13(14)12(8-11)16-3/h7-9,15H,4-6H2,1-3H3. The Bertz CT molecular complexity index is 348. The van der Waals surface area contributed by atoms with Crippen LogP contribution in [0.2, 0.25) is 5.02 Å². The van der Waals surface area contributed by atoms with Gasteiger partial charge in [-0.1, -0.05) is 31.5 Å². The normalized spacial score (nSPS) is 10.9. The SMILES string of the molecule is COc1cc(C(C)C)cc(CCCO)c1Cl. The number of hydrogen-bond donors (Lipinski definition) is 1. The predicted octanol–water partition coefficient (Wildman–Crippen LogP) is 3.40. The van der Waals surface area contributed by atoms with Gasteiger partial charge in [-0.15, -0.1) is 0 Å². The van der Waals surface area contributed by atoms with Gasteiger partial charge in [0.25, 0.3) is 0 Å². The van der Waals surface area contributed by atoms with Crippen molar-refractivity contribution < 1.29 is 9.84 Å². The summed E-state index contributed by atoms with van der Waals surface area (Å²) in [7, 11) is 1.63. The molecule has 1 aromatic rings. The summed E-state index contributed by atoms with van der Waals surface area (Å²) in [5, 5.41) is 9.52. The number of aryl methyl sites for hydroxylation is 1. The molecule has 0 spiro atoms. The second kappa shape index (κ2) is 6.12. The van der Waals surface area contributed by atoms with Crippen LogP contribution in [0.4, 0.5) is 0 Å². The van der Waals surface area contributed by atoms with Crippen molar-refractivity contribution in [2.45, 2.75) is 32.6 Å². The Kier molecular flexibility index (Phi) is 5.10. The summed E-state index contributed by atoms with van der Waals surface area (Å²) in [5.74, 6) is 1.17. The van der Waals surface area contributed by atoms with Crippen molar-refractivity contribution in [1.82, 2.24) is 0 Å². The third-order valence-electron chi connectivity index (χ3n) is 2.63. The number of methoxy groups -OCH3 is 1. The topological polar surface area (TPSA) is 29.5 Å². The van der Waals surface area contributed by atoms with Crippen LogP contribution in [-0.2, 0) is 6.42 Å². The molecule has 3 heteroatoms. The number of ether oxygens (including phenoxy) is 1. The van der Waals surface area contributed by atoms with Crippen molar-refractivity contribution in [2.24, 2.45) is 0 Å². The molecule has 16 heavy (non-hydrogen) atoms. The van der Waals surface area contributed by atoms with Gasteiger partial charge >= 0.3 is 0 Å². The van der Waals surface area contributed by atoms with Gasteiger partial charge in [-0.3, -0.25) is 0 Å². The van der Waals surface area contributed by atoms with Gasteiger partial charge in [-0.2, -0.15) is 0 Å². The molecule has 0 amide bonds. The Morgan fingerprint density at radius 2 is 2.06 bits per heavy atom. The number of hydrogen-bond acceptors (Lipinski definition) is 2. The molecular weight excluding hydrogens is 224 g/mol. The highest BCUT2D eigenvalue weighted by molar-refractivity contribution is 6.32. The van der Waals surface area contributed by atoms with Crippen LogP contribution in [0.25, 0.3) is 0 Å². The van der Waals surface area contributed by atoms with Gasteiger partial charge < -0.3 is 9.84 Å². The van der Waals surface area contributed by atoms with Gasteiger partial charge in [-0.25, -0.2) is 0 Å². The molecule has 0 bridgehead atoms. The first-order chi connectivity index (χ1) is 7.60. The predicted molar refractivity (Wildman–Crippen MR) is 67.5 cm³/mol. The lowest BCUT2D eigenvalue weighted by Gasteiger charge is -2.14. The fourth-order valence-electron chi connectivity index (χ4n) is 1.61. The summed E-state index contributed by atoms with van der Waals surface area (Å²) in [5.41, 5.74) is 2.27. The smallest absolute Gasteiger partial charge is 0.138 e. The molecule has 1 rings (SSSR count). The van der Waals surface area contributed by atoms with Gasteiger partial charge in [0.2, 0.25) is 0 Å². The van der Waals surface area contributed by atoms with E-state index in [4.69, 9.17) is 21.4 Å². The van der Waals surface area contributed by atoms with Gasteiger partial charge in [0.1, 0.15) is 5.75 Å². The summed E-state index contributed by atoms with van der Waals surface area (Å²) in [6.45, 7) is 4.46. The second-order valence-corrected chi connectivity index (χ2v) is 4.56. The Morgan fingerprint density at radius 1 is 1.38 bits per heavy atom. The van der Waals surface area contributed by atoms with E-state index < -0.39 is 0 Å². The van der Waals surface area contributed by atoms with Gasteiger partial charge in [0, 0.05) is 6.61 Å².